The van der Waals surface area contributed by atoms with Gasteiger partial charge in [0.2, 0.25) is 11.8 Å². The normalized spacial score (nSPS) is 18.5. The van der Waals surface area contributed by atoms with Crippen molar-refractivity contribution in [3.05, 3.63) is 35.2 Å². The van der Waals surface area contributed by atoms with Gasteiger partial charge in [-0.25, -0.2) is 0 Å². The van der Waals surface area contributed by atoms with Gasteiger partial charge in [-0.1, -0.05) is 11.6 Å². The summed E-state index contributed by atoms with van der Waals surface area (Å²) in [5.41, 5.74) is 0.814. The molecular formula is C16H18ClN3O3S. The number of hydrogen-bond donors (Lipinski definition) is 0. The number of rotatable bonds is 5. The number of nitrogens with zero attached hydrogens (tertiary/aromatic N) is 3. The first-order valence-electron chi connectivity index (χ1n) is 7.74. The summed E-state index contributed by atoms with van der Waals surface area (Å²) in [6, 6.07) is 6.95. The van der Waals surface area contributed by atoms with Crippen LogP contribution in [-0.2, 0) is 16.1 Å². The van der Waals surface area contributed by atoms with Gasteiger partial charge in [0.25, 0.3) is 0 Å². The third kappa shape index (κ3) is 4.09. The molecule has 1 aliphatic heterocycles. The number of halogens is 1. The van der Waals surface area contributed by atoms with E-state index in [1.54, 1.807) is 23.9 Å². The molecule has 24 heavy (non-hydrogen) atoms. The summed E-state index contributed by atoms with van der Waals surface area (Å²) in [4.78, 5) is 14.1. The molecule has 0 amide bonds. The van der Waals surface area contributed by atoms with Crippen molar-refractivity contribution in [1.29, 1.82) is 0 Å². The number of hydrogen-bond acceptors (Lipinski definition) is 7. The van der Waals surface area contributed by atoms with Crippen LogP contribution < -0.4 is 0 Å². The third-order valence-corrected chi connectivity index (χ3v) is 4.97. The second-order valence-electron chi connectivity index (χ2n) is 5.32. The van der Waals surface area contributed by atoms with Crippen LogP contribution in [0.1, 0.15) is 12.8 Å². The molecule has 0 spiro atoms. The molecule has 1 aromatic carbocycles. The minimum Gasteiger partial charge on any atom is -0.465 e. The highest BCUT2D eigenvalue weighted by Crippen LogP contribution is 2.23. The van der Waals surface area contributed by atoms with Crippen LogP contribution in [0.3, 0.4) is 0 Å². The van der Waals surface area contributed by atoms with Gasteiger partial charge >= 0.3 is 5.97 Å². The second kappa shape index (κ2) is 8.00. The molecule has 0 radical (unpaired) electrons. The summed E-state index contributed by atoms with van der Waals surface area (Å²) in [5.74, 6) is 2.43. The third-order valence-electron chi connectivity index (χ3n) is 3.69. The minimum absolute atomic E-state index is 0.192. The van der Waals surface area contributed by atoms with Crippen molar-refractivity contribution in [2.45, 2.75) is 19.5 Å². The zero-order chi connectivity index (χ0) is 16.9. The monoisotopic (exact) mass is 367 g/mol. The molecule has 8 heteroatoms. The van der Waals surface area contributed by atoms with Crippen molar-refractivity contribution in [2.75, 3.05) is 24.7 Å². The molecule has 1 fully saturated rings. The van der Waals surface area contributed by atoms with E-state index in [4.69, 9.17) is 20.8 Å². The van der Waals surface area contributed by atoms with Crippen molar-refractivity contribution >= 4 is 29.3 Å². The average molecular weight is 368 g/mol. The summed E-state index contributed by atoms with van der Waals surface area (Å²) in [5, 5.41) is 8.83. The Hall–Kier alpha value is -1.57. The van der Waals surface area contributed by atoms with Gasteiger partial charge < -0.3 is 9.15 Å². The highest BCUT2D eigenvalue weighted by atomic mass is 35.5. The van der Waals surface area contributed by atoms with E-state index in [1.807, 2.05) is 24.0 Å². The summed E-state index contributed by atoms with van der Waals surface area (Å²) < 4.78 is 10.9. The van der Waals surface area contributed by atoms with Gasteiger partial charge in [-0.3, -0.25) is 9.69 Å². The molecule has 3 rings (SSSR count). The fourth-order valence-corrected chi connectivity index (χ4v) is 3.71. The van der Waals surface area contributed by atoms with Crippen molar-refractivity contribution in [3.63, 3.8) is 0 Å². The van der Waals surface area contributed by atoms with Crippen LogP contribution in [0, 0.1) is 0 Å². The molecule has 1 aromatic heterocycles. The quantitative estimate of drug-likeness (QED) is 0.752. The van der Waals surface area contributed by atoms with Gasteiger partial charge in [0.1, 0.15) is 6.04 Å². The Morgan fingerprint density at radius 1 is 1.42 bits per heavy atom. The zero-order valence-corrected chi connectivity index (χ0v) is 14.8. The number of benzene rings is 1. The van der Waals surface area contributed by atoms with Crippen LogP contribution in [0.5, 0.6) is 0 Å². The van der Waals surface area contributed by atoms with Crippen LogP contribution in [0.2, 0.25) is 5.02 Å². The lowest BCUT2D eigenvalue weighted by atomic mass is 10.2. The molecule has 0 bridgehead atoms. The molecule has 128 valence electrons. The van der Waals surface area contributed by atoms with Crippen molar-refractivity contribution in [3.8, 4) is 11.5 Å². The Morgan fingerprint density at radius 3 is 2.96 bits per heavy atom. The highest BCUT2D eigenvalue weighted by Gasteiger charge is 2.31. The lowest BCUT2D eigenvalue weighted by Crippen LogP contribution is -2.47. The first-order valence-corrected chi connectivity index (χ1v) is 9.27. The van der Waals surface area contributed by atoms with E-state index >= 15 is 0 Å². The Balaban J connectivity index is 1.70. The van der Waals surface area contributed by atoms with Crippen LogP contribution in [0.25, 0.3) is 11.5 Å². The van der Waals surface area contributed by atoms with E-state index < -0.39 is 0 Å². The van der Waals surface area contributed by atoms with Gasteiger partial charge in [0.05, 0.1) is 13.2 Å². The number of esters is 1. The molecule has 2 heterocycles. The standard InChI is InChI=1S/C16H18ClN3O3S/c1-2-22-16(21)13-10-24-8-7-20(13)9-14-18-19-15(23-14)11-3-5-12(17)6-4-11/h3-6,13H,2,7-10H2,1H3. The predicted octanol–water partition coefficient (Wildman–Crippen LogP) is 2.87. The second-order valence-corrected chi connectivity index (χ2v) is 6.91. The zero-order valence-electron chi connectivity index (χ0n) is 13.3. The Bertz CT molecular complexity index is 692. The molecule has 1 atom stereocenters. The van der Waals surface area contributed by atoms with E-state index in [1.165, 1.54) is 0 Å². The smallest absolute Gasteiger partial charge is 0.324 e. The molecule has 2 aromatic rings. The van der Waals surface area contributed by atoms with Gasteiger partial charge in [0, 0.05) is 28.6 Å². The van der Waals surface area contributed by atoms with Gasteiger partial charge in [-0.05, 0) is 31.2 Å². The Labute approximate surface area is 149 Å². The van der Waals surface area contributed by atoms with E-state index in [-0.39, 0.29) is 12.0 Å². The maximum atomic E-state index is 12.1. The summed E-state index contributed by atoms with van der Waals surface area (Å²) in [6.45, 7) is 3.42. The molecule has 1 unspecified atom stereocenters. The molecule has 0 aliphatic carbocycles. The van der Waals surface area contributed by atoms with Crippen LogP contribution >= 0.6 is 23.4 Å². The largest absolute Gasteiger partial charge is 0.465 e. The maximum Gasteiger partial charge on any atom is 0.324 e. The van der Waals surface area contributed by atoms with Crippen LogP contribution in [0.15, 0.2) is 28.7 Å². The fraction of sp³-hybridized carbons (Fsp3) is 0.438. The van der Waals surface area contributed by atoms with E-state index in [0.29, 0.717) is 30.0 Å². The summed E-state index contributed by atoms with van der Waals surface area (Å²) >= 11 is 7.64. The first kappa shape index (κ1) is 17.3. The maximum absolute atomic E-state index is 12.1. The molecular weight excluding hydrogens is 350 g/mol. The van der Waals surface area contributed by atoms with Crippen LogP contribution in [0.4, 0.5) is 0 Å². The molecule has 0 saturated carbocycles. The van der Waals surface area contributed by atoms with Crippen molar-refractivity contribution in [2.24, 2.45) is 0 Å². The van der Waals surface area contributed by atoms with Gasteiger partial charge in [0.15, 0.2) is 0 Å². The predicted molar refractivity (Wildman–Crippen MR) is 92.9 cm³/mol. The van der Waals surface area contributed by atoms with Crippen molar-refractivity contribution < 1.29 is 13.9 Å². The van der Waals surface area contributed by atoms with Crippen molar-refractivity contribution in [1.82, 2.24) is 15.1 Å². The van der Waals surface area contributed by atoms with Crippen LogP contribution in [-0.4, -0.2) is 51.8 Å². The average Bonchev–Trinajstić information content (AvgIpc) is 3.05. The summed E-state index contributed by atoms with van der Waals surface area (Å²) in [6.07, 6.45) is 0. The van der Waals surface area contributed by atoms with Gasteiger partial charge in [-0.15, -0.1) is 10.2 Å². The lowest BCUT2D eigenvalue weighted by molar-refractivity contribution is -0.149. The number of thioether (sulfide) groups is 1. The van der Waals surface area contributed by atoms with Gasteiger partial charge in [-0.2, -0.15) is 11.8 Å². The Kier molecular flexibility index (Phi) is 5.76. The van der Waals surface area contributed by atoms with E-state index in [9.17, 15) is 4.79 Å². The summed E-state index contributed by atoms with van der Waals surface area (Å²) in [7, 11) is 0. The van der Waals surface area contributed by atoms with E-state index in [2.05, 4.69) is 10.2 Å². The van der Waals surface area contributed by atoms with E-state index in [0.717, 1.165) is 23.6 Å². The first-order chi connectivity index (χ1) is 11.7. The topological polar surface area (TPSA) is 68.5 Å². The Morgan fingerprint density at radius 2 is 2.21 bits per heavy atom. The highest BCUT2D eigenvalue weighted by molar-refractivity contribution is 7.99. The number of ether oxygens (including phenoxy) is 1. The minimum atomic E-state index is -0.269. The lowest BCUT2D eigenvalue weighted by Gasteiger charge is -2.32. The molecule has 1 aliphatic rings. The number of carbonyl (C=O) groups excluding carboxylic acids is 1. The molecule has 1 saturated heterocycles. The number of carbonyl (C=O) groups is 1. The fourth-order valence-electron chi connectivity index (χ4n) is 2.48. The SMILES string of the molecule is CCOC(=O)C1CSCCN1Cc1nnc(-c2ccc(Cl)cc2)o1. The number of aromatic nitrogens is 2. The molecule has 6 nitrogen and oxygen atoms in total. The molecule has 0 N–H and O–H groups in total.